The van der Waals surface area contributed by atoms with E-state index in [0.29, 0.717) is 11.3 Å². The number of ether oxygens (including phenoxy) is 1. The Morgan fingerprint density at radius 1 is 0.950 bits per heavy atom. The van der Waals surface area contributed by atoms with E-state index in [2.05, 4.69) is 33.8 Å². The Bertz CT molecular complexity index is 643. The molecule has 0 aliphatic rings. The molecule has 0 spiro atoms. The first-order chi connectivity index (χ1) is 9.49. The molecule has 2 heteroatoms. The van der Waals surface area contributed by atoms with Gasteiger partial charge >= 0.3 is 0 Å². The Balaban J connectivity index is 2.72. The normalized spacial score (nSPS) is 10.4. The van der Waals surface area contributed by atoms with E-state index in [9.17, 15) is 4.79 Å². The molecular formula is C18H20O2. The maximum atomic E-state index is 11.2. The van der Waals surface area contributed by atoms with Gasteiger partial charge in [0.05, 0.1) is 12.7 Å². The van der Waals surface area contributed by atoms with Crippen LogP contribution in [0.1, 0.15) is 32.6 Å². The van der Waals surface area contributed by atoms with Crippen molar-refractivity contribution in [1.29, 1.82) is 0 Å². The third-order valence-corrected chi connectivity index (χ3v) is 4.01. The Kier molecular flexibility index (Phi) is 3.93. The van der Waals surface area contributed by atoms with Crippen molar-refractivity contribution in [2.24, 2.45) is 0 Å². The number of aldehydes is 1. The summed E-state index contributed by atoms with van der Waals surface area (Å²) in [6.45, 7) is 8.49. The average molecular weight is 268 g/mol. The lowest BCUT2D eigenvalue weighted by atomic mass is 9.89. The SMILES string of the molecule is COc1ccc(-c2c(C)c(C)cc(C)c2C)cc1C=O. The van der Waals surface area contributed by atoms with Crippen LogP contribution >= 0.6 is 0 Å². The molecule has 0 fully saturated rings. The fourth-order valence-corrected chi connectivity index (χ4v) is 2.63. The van der Waals surface area contributed by atoms with Crippen LogP contribution in [0.15, 0.2) is 24.3 Å². The van der Waals surface area contributed by atoms with Crippen molar-refractivity contribution < 1.29 is 9.53 Å². The molecule has 2 rings (SSSR count). The minimum absolute atomic E-state index is 0.586. The van der Waals surface area contributed by atoms with E-state index < -0.39 is 0 Å². The summed E-state index contributed by atoms with van der Waals surface area (Å²) in [6.07, 6.45) is 0.843. The van der Waals surface area contributed by atoms with Crippen molar-refractivity contribution in [2.75, 3.05) is 7.11 Å². The molecular weight excluding hydrogens is 248 g/mol. The highest BCUT2D eigenvalue weighted by atomic mass is 16.5. The number of carbonyl (C=O) groups excluding carboxylic acids is 1. The summed E-state index contributed by atoms with van der Waals surface area (Å²) in [6, 6.07) is 7.98. The highest BCUT2D eigenvalue weighted by molar-refractivity contribution is 5.84. The molecule has 2 aromatic rings. The van der Waals surface area contributed by atoms with Crippen LogP contribution in [0.5, 0.6) is 5.75 Å². The molecule has 0 saturated carbocycles. The van der Waals surface area contributed by atoms with Crippen molar-refractivity contribution in [2.45, 2.75) is 27.7 Å². The third-order valence-electron chi connectivity index (χ3n) is 4.01. The van der Waals surface area contributed by atoms with Gasteiger partial charge in [0.2, 0.25) is 0 Å². The highest BCUT2D eigenvalue weighted by Gasteiger charge is 2.12. The van der Waals surface area contributed by atoms with E-state index in [1.807, 2.05) is 18.2 Å². The minimum atomic E-state index is 0.586. The Hall–Kier alpha value is -2.09. The van der Waals surface area contributed by atoms with Gasteiger partial charge < -0.3 is 4.74 Å². The van der Waals surface area contributed by atoms with E-state index >= 15 is 0 Å². The van der Waals surface area contributed by atoms with Gasteiger partial charge in [-0.25, -0.2) is 0 Å². The Morgan fingerprint density at radius 2 is 1.55 bits per heavy atom. The molecule has 0 amide bonds. The Labute approximate surface area is 120 Å². The third kappa shape index (κ3) is 2.34. The van der Waals surface area contributed by atoms with Crippen molar-refractivity contribution >= 4 is 6.29 Å². The Morgan fingerprint density at radius 3 is 2.05 bits per heavy atom. The summed E-state index contributed by atoms with van der Waals surface area (Å²) in [4.78, 5) is 11.2. The molecule has 104 valence electrons. The van der Waals surface area contributed by atoms with Crippen molar-refractivity contribution in [3.8, 4) is 16.9 Å². The lowest BCUT2D eigenvalue weighted by Gasteiger charge is -2.16. The van der Waals surface area contributed by atoms with Crippen LogP contribution in [0.4, 0.5) is 0 Å². The summed E-state index contributed by atoms with van der Waals surface area (Å²) < 4.78 is 5.20. The van der Waals surface area contributed by atoms with Crippen molar-refractivity contribution in [3.63, 3.8) is 0 Å². The molecule has 0 aliphatic heterocycles. The van der Waals surface area contributed by atoms with Crippen molar-refractivity contribution in [1.82, 2.24) is 0 Å². The summed E-state index contributed by atoms with van der Waals surface area (Å²) >= 11 is 0. The number of benzene rings is 2. The number of hydrogen-bond donors (Lipinski definition) is 0. The largest absolute Gasteiger partial charge is 0.496 e. The molecule has 2 nitrogen and oxygen atoms in total. The zero-order valence-corrected chi connectivity index (χ0v) is 12.7. The minimum Gasteiger partial charge on any atom is -0.496 e. The zero-order valence-electron chi connectivity index (χ0n) is 12.7. The second kappa shape index (κ2) is 5.49. The topological polar surface area (TPSA) is 26.3 Å². The molecule has 0 unspecified atom stereocenters. The summed E-state index contributed by atoms with van der Waals surface area (Å²) in [5.74, 6) is 0.614. The first-order valence-electron chi connectivity index (χ1n) is 6.70. The number of carbonyl (C=O) groups is 1. The van der Waals surface area contributed by atoms with Crippen LogP contribution in [0.2, 0.25) is 0 Å². The van der Waals surface area contributed by atoms with Gasteiger partial charge in [0.1, 0.15) is 5.75 Å². The van der Waals surface area contributed by atoms with Crippen LogP contribution in [0.25, 0.3) is 11.1 Å². The van der Waals surface area contributed by atoms with E-state index in [4.69, 9.17) is 4.74 Å². The summed E-state index contributed by atoms with van der Waals surface area (Å²) in [7, 11) is 1.58. The van der Waals surface area contributed by atoms with Gasteiger partial charge in [0.15, 0.2) is 6.29 Å². The second-order valence-corrected chi connectivity index (χ2v) is 5.21. The number of hydrogen-bond acceptors (Lipinski definition) is 2. The molecule has 0 aromatic heterocycles. The molecule has 0 radical (unpaired) electrons. The molecule has 0 N–H and O–H groups in total. The van der Waals surface area contributed by atoms with Crippen LogP contribution in [0, 0.1) is 27.7 Å². The molecule has 0 atom stereocenters. The summed E-state index contributed by atoms with van der Waals surface area (Å²) in [5, 5.41) is 0. The molecule has 0 bridgehead atoms. The fourth-order valence-electron chi connectivity index (χ4n) is 2.63. The molecule has 0 saturated heterocycles. The fraction of sp³-hybridized carbons (Fsp3) is 0.278. The van der Waals surface area contributed by atoms with E-state index in [1.165, 1.54) is 27.8 Å². The van der Waals surface area contributed by atoms with E-state index in [-0.39, 0.29) is 0 Å². The van der Waals surface area contributed by atoms with Gasteiger partial charge in [0.25, 0.3) is 0 Å². The lowest BCUT2D eigenvalue weighted by Crippen LogP contribution is -1.97. The average Bonchev–Trinajstić information content (AvgIpc) is 2.45. The van der Waals surface area contributed by atoms with Crippen LogP contribution in [-0.4, -0.2) is 13.4 Å². The monoisotopic (exact) mass is 268 g/mol. The van der Waals surface area contributed by atoms with E-state index in [0.717, 1.165) is 11.8 Å². The standard InChI is InChI=1S/C18H20O2/c1-11-8-12(2)14(4)18(13(11)3)15-6-7-17(20-5)16(9-15)10-19/h6-10H,1-5H3. The van der Waals surface area contributed by atoms with Gasteiger partial charge in [-0.3, -0.25) is 4.79 Å². The smallest absolute Gasteiger partial charge is 0.153 e. The highest BCUT2D eigenvalue weighted by Crippen LogP contribution is 2.33. The van der Waals surface area contributed by atoms with Gasteiger partial charge in [-0.1, -0.05) is 12.1 Å². The van der Waals surface area contributed by atoms with Gasteiger partial charge in [-0.2, -0.15) is 0 Å². The maximum absolute atomic E-state index is 11.2. The van der Waals surface area contributed by atoms with Gasteiger partial charge in [-0.05, 0) is 73.2 Å². The van der Waals surface area contributed by atoms with Gasteiger partial charge in [0, 0.05) is 0 Å². The van der Waals surface area contributed by atoms with Crippen LogP contribution in [-0.2, 0) is 0 Å². The van der Waals surface area contributed by atoms with E-state index in [1.54, 1.807) is 7.11 Å². The van der Waals surface area contributed by atoms with Gasteiger partial charge in [-0.15, -0.1) is 0 Å². The zero-order chi connectivity index (χ0) is 14.9. The maximum Gasteiger partial charge on any atom is 0.153 e. The lowest BCUT2D eigenvalue weighted by molar-refractivity contribution is 0.112. The number of methoxy groups -OCH3 is 1. The summed E-state index contributed by atoms with van der Waals surface area (Å²) in [5.41, 5.74) is 7.93. The predicted octanol–water partition coefficient (Wildman–Crippen LogP) is 4.41. The molecule has 2 aromatic carbocycles. The van der Waals surface area contributed by atoms with Crippen molar-refractivity contribution in [3.05, 3.63) is 52.1 Å². The quantitative estimate of drug-likeness (QED) is 0.771. The number of rotatable bonds is 3. The predicted molar refractivity (Wildman–Crippen MR) is 82.8 cm³/mol. The molecule has 20 heavy (non-hydrogen) atoms. The first kappa shape index (κ1) is 14.3. The number of aryl methyl sites for hydroxylation is 2. The van der Waals surface area contributed by atoms with Crippen LogP contribution in [0.3, 0.4) is 0 Å². The first-order valence-corrected chi connectivity index (χ1v) is 6.70. The second-order valence-electron chi connectivity index (χ2n) is 5.21. The molecule has 0 aliphatic carbocycles. The molecule has 0 heterocycles. The van der Waals surface area contributed by atoms with Crippen LogP contribution < -0.4 is 4.74 Å².